The van der Waals surface area contributed by atoms with E-state index in [1.807, 2.05) is 6.92 Å². The zero-order chi connectivity index (χ0) is 15.6. The van der Waals surface area contributed by atoms with E-state index in [1.54, 1.807) is 6.92 Å². The number of aliphatic hydroxyl groups excluding tert-OH is 1. The average Bonchev–Trinajstić information content (AvgIpc) is 3.15. The Balaban J connectivity index is 1.84. The average molecular weight is 297 g/mol. The molecule has 3 nitrogen and oxygen atoms in total. The summed E-state index contributed by atoms with van der Waals surface area (Å²) in [5.41, 5.74) is 0.411. The fraction of sp³-hybridized carbons (Fsp3) is 0.562. The van der Waals surface area contributed by atoms with E-state index >= 15 is 0 Å². The molecule has 21 heavy (non-hydrogen) atoms. The number of amides is 1. The Morgan fingerprint density at radius 1 is 1.43 bits per heavy atom. The quantitative estimate of drug-likeness (QED) is 0.848. The number of carbonyl (C=O) groups is 1. The van der Waals surface area contributed by atoms with Crippen molar-refractivity contribution in [3.8, 4) is 0 Å². The second-order valence-corrected chi connectivity index (χ2v) is 6.05. The summed E-state index contributed by atoms with van der Waals surface area (Å²) in [5, 5.41) is 12.1. The van der Waals surface area contributed by atoms with Crippen molar-refractivity contribution in [2.45, 2.75) is 38.7 Å². The first kappa shape index (κ1) is 15.9. The molecule has 0 saturated heterocycles. The van der Waals surface area contributed by atoms with Gasteiger partial charge in [0, 0.05) is 18.5 Å². The molecular weight excluding hydrogens is 276 g/mol. The van der Waals surface area contributed by atoms with Crippen molar-refractivity contribution in [3.05, 3.63) is 35.4 Å². The van der Waals surface area contributed by atoms with Crippen LogP contribution in [0.25, 0.3) is 0 Å². The van der Waals surface area contributed by atoms with Gasteiger partial charge in [-0.15, -0.1) is 0 Å². The first-order chi connectivity index (χ1) is 9.88. The van der Waals surface area contributed by atoms with Crippen LogP contribution >= 0.6 is 0 Å². The Bertz CT molecular complexity index is 519. The molecule has 0 heterocycles. The van der Waals surface area contributed by atoms with Crippen LogP contribution in [0.5, 0.6) is 0 Å². The molecule has 1 aromatic rings. The summed E-state index contributed by atoms with van der Waals surface area (Å²) in [4.78, 5) is 12.0. The van der Waals surface area contributed by atoms with Gasteiger partial charge in [-0.05, 0) is 43.2 Å². The predicted octanol–water partition coefficient (Wildman–Crippen LogP) is 2.59. The first-order valence-corrected chi connectivity index (χ1v) is 7.29. The SMILES string of the molecule is CC(O)CC(C)CNC(=O)C1CC1c1ccc(F)cc1F. The molecule has 0 radical (unpaired) electrons. The van der Waals surface area contributed by atoms with E-state index in [1.165, 1.54) is 12.1 Å². The van der Waals surface area contributed by atoms with Gasteiger partial charge in [-0.1, -0.05) is 13.0 Å². The molecule has 2 N–H and O–H groups in total. The number of carbonyl (C=O) groups excluding carboxylic acids is 1. The predicted molar refractivity (Wildman–Crippen MR) is 75.7 cm³/mol. The molecule has 1 fully saturated rings. The van der Waals surface area contributed by atoms with Crippen LogP contribution in [0.15, 0.2) is 18.2 Å². The molecule has 2 rings (SSSR count). The lowest BCUT2D eigenvalue weighted by Gasteiger charge is -2.14. The maximum atomic E-state index is 13.6. The second-order valence-electron chi connectivity index (χ2n) is 6.05. The topological polar surface area (TPSA) is 49.3 Å². The van der Waals surface area contributed by atoms with Gasteiger partial charge < -0.3 is 10.4 Å². The molecule has 0 bridgehead atoms. The van der Waals surface area contributed by atoms with Crippen molar-refractivity contribution in [2.24, 2.45) is 11.8 Å². The highest BCUT2D eigenvalue weighted by Gasteiger charge is 2.45. The Morgan fingerprint density at radius 2 is 2.14 bits per heavy atom. The molecule has 0 spiro atoms. The van der Waals surface area contributed by atoms with Crippen LogP contribution in [-0.2, 0) is 4.79 Å². The Morgan fingerprint density at radius 3 is 2.76 bits per heavy atom. The lowest BCUT2D eigenvalue weighted by molar-refractivity contribution is -0.122. The number of hydrogen-bond donors (Lipinski definition) is 2. The number of nitrogens with one attached hydrogen (secondary N) is 1. The van der Waals surface area contributed by atoms with E-state index in [-0.39, 0.29) is 29.8 Å². The van der Waals surface area contributed by atoms with E-state index in [0.29, 0.717) is 24.9 Å². The third-order valence-electron chi connectivity index (χ3n) is 3.86. The molecule has 4 atom stereocenters. The minimum atomic E-state index is -0.607. The molecule has 116 valence electrons. The van der Waals surface area contributed by atoms with Gasteiger partial charge in [0.1, 0.15) is 11.6 Å². The standard InChI is InChI=1S/C16H21F2NO2/c1-9(5-10(2)20)8-19-16(21)14-7-13(14)12-4-3-11(17)6-15(12)18/h3-4,6,9-10,13-14,20H,5,7-8H2,1-2H3,(H,19,21). The Kier molecular flexibility index (Phi) is 4.93. The molecule has 1 aliphatic carbocycles. The number of aliphatic hydroxyl groups is 1. The number of benzene rings is 1. The molecule has 5 heteroatoms. The van der Waals surface area contributed by atoms with Crippen LogP contribution in [0.2, 0.25) is 0 Å². The molecule has 4 unspecified atom stereocenters. The lowest BCUT2D eigenvalue weighted by Crippen LogP contribution is -2.31. The van der Waals surface area contributed by atoms with E-state index < -0.39 is 11.6 Å². The van der Waals surface area contributed by atoms with Crippen molar-refractivity contribution < 1.29 is 18.7 Å². The molecule has 1 aromatic carbocycles. The highest BCUT2D eigenvalue weighted by Crippen LogP contribution is 2.48. The second kappa shape index (κ2) is 6.52. The summed E-state index contributed by atoms with van der Waals surface area (Å²) in [6.07, 6.45) is 0.832. The maximum absolute atomic E-state index is 13.6. The molecule has 1 aliphatic rings. The van der Waals surface area contributed by atoms with Crippen molar-refractivity contribution in [2.75, 3.05) is 6.54 Å². The van der Waals surface area contributed by atoms with Gasteiger partial charge in [0.05, 0.1) is 6.10 Å². The Hall–Kier alpha value is -1.49. The van der Waals surface area contributed by atoms with Gasteiger partial charge >= 0.3 is 0 Å². The van der Waals surface area contributed by atoms with Gasteiger partial charge in [-0.3, -0.25) is 4.79 Å². The number of hydrogen-bond acceptors (Lipinski definition) is 2. The zero-order valence-electron chi connectivity index (χ0n) is 12.3. The number of rotatable bonds is 6. The molecule has 0 aliphatic heterocycles. The van der Waals surface area contributed by atoms with Crippen LogP contribution in [0, 0.1) is 23.5 Å². The van der Waals surface area contributed by atoms with Crippen LogP contribution in [0.1, 0.15) is 38.2 Å². The van der Waals surface area contributed by atoms with Crippen molar-refractivity contribution in [3.63, 3.8) is 0 Å². The summed E-state index contributed by atoms with van der Waals surface area (Å²) in [5.74, 6) is -1.49. The van der Waals surface area contributed by atoms with Crippen molar-refractivity contribution >= 4 is 5.91 Å². The summed E-state index contributed by atoms with van der Waals surface area (Å²) >= 11 is 0. The minimum Gasteiger partial charge on any atom is -0.393 e. The highest BCUT2D eigenvalue weighted by atomic mass is 19.1. The fourth-order valence-electron chi connectivity index (χ4n) is 2.70. The molecule has 0 aromatic heterocycles. The highest BCUT2D eigenvalue weighted by molar-refractivity contribution is 5.82. The van der Waals surface area contributed by atoms with Crippen LogP contribution in [-0.4, -0.2) is 23.7 Å². The van der Waals surface area contributed by atoms with E-state index in [4.69, 9.17) is 0 Å². The van der Waals surface area contributed by atoms with Crippen LogP contribution in [0.4, 0.5) is 8.78 Å². The van der Waals surface area contributed by atoms with E-state index in [9.17, 15) is 18.7 Å². The third-order valence-corrected chi connectivity index (χ3v) is 3.86. The van der Waals surface area contributed by atoms with Gasteiger partial charge in [0.2, 0.25) is 5.91 Å². The van der Waals surface area contributed by atoms with Gasteiger partial charge in [0.15, 0.2) is 0 Å². The Labute approximate surface area is 123 Å². The van der Waals surface area contributed by atoms with E-state index in [2.05, 4.69) is 5.32 Å². The summed E-state index contributed by atoms with van der Waals surface area (Å²) in [6.45, 7) is 4.17. The molecule has 1 amide bonds. The minimum absolute atomic E-state index is 0.0961. The summed E-state index contributed by atoms with van der Waals surface area (Å²) in [7, 11) is 0. The van der Waals surface area contributed by atoms with Gasteiger partial charge in [0.25, 0.3) is 0 Å². The normalized spacial score (nSPS) is 23.5. The first-order valence-electron chi connectivity index (χ1n) is 7.29. The smallest absolute Gasteiger partial charge is 0.223 e. The van der Waals surface area contributed by atoms with Crippen molar-refractivity contribution in [1.29, 1.82) is 0 Å². The zero-order valence-corrected chi connectivity index (χ0v) is 12.3. The summed E-state index contributed by atoms with van der Waals surface area (Å²) in [6, 6.07) is 3.49. The monoisotopic (exact) mass is 297 g/mol. The van der Waals surface area contributed by atoms with Gasteiger partial charge in [-0.25, -0.2) is 8.78 Å². The van der Waals surface area contributed by atoms with E-state index in [0.717, 1.165) is 6.07 Å². The van der Waals surface area contributed by atoms with Crippen LogP contribution < -0.4 is 5.32 Å². The third kappa shape index (κ3) is 4.24. The molecule has 1 saturated carbocycles. The fourth-order valence-corrected chi connectivity index (χ4v) is 2.70. The number of halogens is 2. The molecular formula is C16H21F2NO2. The maximum Gasteiger partial charge on any atom is 0.223 e. The largest absolute Gasteiger partial charge is 0.393 e. The van der Waals surface area contributed by atoms with Gasteiger partial charge in [-0.2, -0.15) is 0 Å². The van der Waals surface area contributed by atoms with Crippen molar-refractivity contribution in [1.82, 2.24) is 5.32 Å². The van der Waals surface area contributed by atoms with Crippen LogP contribution in [0.3, 0.4) is 0 Å². The summed E-state index contributed by atoms with van der Waals surface area (Å²) < 4.78 is 26.5. The lowest BCUT2D eigenvalue weighted by atomic mass is 10.0.